The van der Waals surface area contributed by atoms with Crippen LogP contribution in [0, 0.1) is 19.8 Å². The van der Waals surface area contributed by atoms with E-state index >= 15 is 0 Å². The van der Waals surface area contributed by atoms with Crippen LogP contribution in [0.1, 0.15) is 58.5 Å². The Morgan fingerprint density at radius 3 is 2.40 bits per heavy atom. The Bertz CT molecular complexity index is 1100. The summed E-state index contributed by atoms with van der Waals surface area (Å²) in [6, 6.07) is 14.3. The van der Waals surface area contributed by atoms with Crippen molar-refractivity contribution in [2.75, 3.05) is 26.2 Å². The van der Waals surface area contributed by atoms with E-state index in [1.54, 1.807) is 11.0 Å². The van der Waals surface area contributed by atoms with E-state index in [2.05, 4.69) is 5.32 Å². The lowest BCUT2D eigenvalue weighted by molar-refractivity contribution is -0.128. The highest BCUT2D eigenvalue weighted by Gasteiger charge is 2.54. The minimum atomic E-state index is -0.914. The molecule has 0 radical (unpaired) electrons. The molecule has 7 heteroatoms. The fourth-order valence-corrected chi connectivity index (χ4v) is 4.95. The van der Waals surface area contributed by atoms with Gasteiger partial charge in [0.1, 0.15) is 11.8 Å². The first-order valence-corrected chi connectivity index (χ1v) is 12.4. The lowest BCUT2D eigenvalue weighted by atomic mass is 9.95. The van der Waals surface area contributed by atoms with Gasteiger partial charge in [-0.1, -0.05) is 49.7 Å². The average molecular weight is 478 g/mol. The van der Waals surface area contributed by atoms with E-state index in [0.29, 0.717) is 49.5 Å². The molecular weight excluding hydrogens is 442 g/mol. The summed E-state index contributed by atoms with van der Waals surface area (Å²) in [4.78, 5) is 43.6. The molecule has 2 aliphatic rings. The first-order chi connectivity index (χ1) is 16.7. The van der Waals surface area contributed by atoms with Crippen LogP contribution in [0.25, 0.3) is 0 Å². The molecule has 2 saturated heterocycles. The van der Waals surface area contributed by atoms with Gasteiger partial charge >= 0.3 is 0 Å². The summed E-state index contributed by atoms with van der Waals surface area (Å²) >= 11 is 0. The molecule has 0 bridgehead atoms. The molecule has 1 spiro atoms. The largest absolute Gasteiger partial charge is 0.354 e. The van der Waals surface area contributed by atoms with Gasteiger partial charge in [-0.25, -0.2) is 0 Å². The van der Waals surface area contributed by atoms with Crippen molar-refractivity contribution < 1.29 is 19.1 Å². The van der Waals surface area contributed by atoms with Gasteiger partial charge in [-0.3, -0.25) is 19.3 Å². The van der Waals surface area contributed by atoms with E-state index in [9.17, 15) is 14.4 Å². The summed E-state index contributed by atoms with van der Waals surface area (Å²) in [5, 5.41) is 2.97. The van der Waals surface area contributed by atoms with Gasteiger partial charge in [0.15, 0.2) is 0 Å². The Balaban J connectivity index is 1.58. The van der Waals surface area contributed by atoms with Gasteiger partial charge in [-0.2, -0.15) is 0 Å². The number of hydrogen-bond acceptors (Lipinski definition) is 4. The molecule has 1 N–H and O–H groups in total. The molecule has 4 rings (SSSR count). The lowest BCUT2D eigenvalue weighted by Gasteiger charge is -2.44. The predicted molar refractivity (Wildman–Crippen MR) is 134 cm³/mol. The Hall–Kier alpha value is -3.19. The second kappa shape index (κ2) is 10.2. The van der Waals surface area contributed by atoms with Crippen LogP contribution in [0.4, 0.5) is 0 Å². The molecule has 35 heavy (non-hydrogen) atoms. The maximum absolute atomic E-state index is 13.8. The molecule has 0 saturated carbocycles. The van der Waals surface area contributed by atoms with Gasteiger partial charge in [-0.15, -0.1) is 0 Å². The molecule has 1 atom stereocenters. The third-order valence-corrected chi connectivity index (χ3v) is 6.94. The molecule has 3 amide bonds. The summed E-state index contributed by atoms with van der Waals surface area (Å²) in [5.41, 5.74) is 2.23. The standard InChI is InChI=1S/C28H35N3O4/c1-19(2)17-29-25(32)24-18-35-28(31(24)26(33)22-10-7-8-20(3)16-22)12-14-30(15-13-28)27(34)23-11-6-5-9-21(23)4/h5-11,16,19,24H,12-15,17-18H2,1-4H3,(H,29,32)/t24-/m0/s1. The highest BCUT2D eigenvalue weighted by Crippen LogP contribution is 2.39. The third-order valence-electron chi connectivity index (χ3n) is 6.94. The Labute approximate surface area is 207 Å². The van der Waals surface area contributed by atoms with Gasteiger partial charge in [0.2, 0.25) is 5.91 Å². The molecule has 0 aromatic heterocycles. The van der Waals surface area contributed by atoms with Gasteiger partial charge < -0.3 is 15.0 Å². The molecular formula is C28H35N3O4. The minimum absolute atomic E-state index is 0.0151. The van der Waals surface area contributed by atoms with Gasteiger partial charge in [0, 0.05) is 43.6 Å². The van der Waals surface area contributed by atoms with E-state index in [4.69, 9.17) is 4.74 Å². The number of amides is 3. The summed E-state index contributed by atoms with van der Waals surface area (Å²) < 4.78 is 6.27. The monoisotopic (exact) mass is 477 g/mol. The van der Waals surface area contributed by atoms with Gasteiger partial charge in [-0.05, 0) is 43.5 Å². The highest BCUT2D eigenvalue weighted by molar-refractivity contribution is 5.99. The first-order valence-electron chi connectivity index (χ1n) is 12.4. The zero-order valence-corrected chi connectivity index (χ0v) is 21.0. The van der Waals surface area contributed by atoms with Crippen LogP contribution < -0.4 is 5.32 Å². The van der Waals surface area contributed by atoms with Crippen molar-refractivity contribution in [3.05, 3.63) is 70.8 Å². The van der Waals surface area contributed by atoms with Gasteiger partial charge in [0.25, 0.3) is 11.8 Å². The maximum atomic E-state index is 13.8. The number of rotatable bonds is 5. The Kier molecular flexibility index (Phi) is 7.26. The van der Waals surface area contributed by atoms with E-state index < -0.39 is 11.8 Å². The maximum Gasteiger partial charge on any atom is 0.256 e. The number of aryl methyl sites for hydroxylation is 2. The van der Waals surface area contributed by atoms with Crippen molar-refractivity contribution in [2.45, 2.75) is 52.3 Å². The van der Waals surface area contributed by atoms with E-state index in [0.717, 1.165) is 11.1 Å². The van der Waals surface area contributed by atoms with E-state index in [1.807, 2.05) is 75.1 Å². The average Bonchev–Trinajstić information content (AvgIpc) is 3.21. The molecule has 2 fully saturated rings. The number of hydrogen-bond donors (Lipinski definition) is 1. The fourth-order valence-electron chi connectivity index (χ4n) is 4.95. The number of nitrogens with one attached hydrogen (secondary N) is 1. The van der Waals surface area contributed by atoms with Crippen LogP contribution in [0.5, 0.6) is 0 Å². The SMILES string of the molecule is Cc1cccc(C(=O)N2[C@H](C(=O)NCC(C)C)COC23CCN(C(=O)c2ccccc2C)CC3)c1. The number of nitrogens with zero attached hydrogens (tertiary/aromatic N) is 2. The van der Waals surface area contributed by atoms with Crippen molar-refractivity contribution in [2.24, 2.45) is 5.92 Å². The number of piperidine rings is 1. The van der Waals surface area contributed by atoms with Crippen molar-refractivity contribution in [1.82, 2.24) is 15.1 Å². The minimum Gasteiger partial charge on any atom is -0.354 e. The summed E-state index contributed by atoms with van der Waals surface area (Å²) in [5.74, 6) is -0.129. The lowest BCUT2D eigenvalue weighted by Crippen LogP contribution is -2.60. The zero-order valence-electron chi connectivity index (χ0n) is 21.0. The van der Waals surface area contributed by atoms with Crippen molar-refractivity contribution >= 4 is 17.7 Å². The predicted octanol–water partition coefficient (Wildman–Crippen LogP) is 3.55. The molecule has 0 aliphatic carbocycles. The van der Waals surface area contributed by atoms with Gasteiger partial charge in [0.05, 0.1) is 6.61 Å². The van der Waals surface area contributed by atoms with Crippen LogP contribution >= 0.6 is 0 Å². The molecule has 186 valence electrons. The van der Waals surface area contributed by atoms with Crippen LogP contribution in [0.15, 0.2) is 48.5 Å². The first kappa shape index (κ1) is 24.9. The van der Waals surface area contributed by atoms with Crippen LogP contribution in [0.2, 0.25) is 0 Å². The Morgan fingerprint density at radius 1 is 1.03 bits per heavy atom. The fraction of sp³-hybridized carbons (Fsp3) is 0.464. The molecule has 2 heterocycles. The van der Waals surface area contributed by atoms with Crippen LogP contribution in [-0.2, 0) is 9.53 Å². The summed E-state index contributed by atoms with van der Waals surface area (Å²) in [6.45, 7) is 9.52. The van der Waals surface area contributed by atoms with Crippen molar-refractivity contribution in [3.63, 3.8) is 0 Å². The molecule has 2 aromatic rings. The second-order valence-electron chi connectivity index (χ2n) is 10.1. The number of likely N-dealkylation sites (tertiary alicyclic amines) is 1. The molecule has 0 unspecified atom stereocenters. The Morgan fingerprint density at radius 2 is 1.74 bits per heavy atom. The van der Waals surface area contributed by atoms with Crippen molar-refractivity contribution in [3.8, 4) is 0 Å². The topological polar surface area (TPSA) is 79.0 Å². The molecule has 2 aliphatic heterocycles. The second-order valence-corrected chi connectivity index (χ2v) is 10.1. The van der Waals surface area contributed by atoms with Crippen molar-refractivity contribution in [1.29, 1.82) is 0 Å². The van der Waals surface area contributed by atoms with Crippen LogP contribution in [0.3, 0.4) is 0 Å². The van der Waals surface area contributed by atoms with E-state index in [-0.39, 0.29) is 24.3 Å². The third kappa shape index (κ3) is 5.10. The number of benzene rings is 2. The summed E-state index contributed by atoms with van der Waals surface area (Å²) in [7, 11) is 0. The number of carbonyl (C=O) groups is 3. The molecule has 7 nitrogen and oxygen atoms in total. The number of carbonyl (C=O) groups excluding carboxylic acids is 3. The summed E-state index contributed by atoms with van der Waals surface area (Å²) in [6.07, 6.45) is 0.909. The smallest absolute Gasteiger partial charge is 0.256 e. The van der Waals surface area contributed by atoms with E-state index in [1.165, 1.54) is 0 Å². The van der Waals surface area contributed by atoms with Crippen LogP contribution in [-0.4, -0.2) is 65.5 Å². The molecule has 2 aromatic carbocycles. The quantitative estimate of drug-likeness (QED) is 0.714. The number of ether oxygens (including phenoxy) is 1. The zero-order chi connectivity index (χ0) is 25.2. The normalized spacial score (nSPS) is 19.3. The highest BCUT2D eigenvalue weighted by atomic mass is 16.5.